The molecule has 150 valence electrons. The van der Waals surface area contributed by atoms with Crippen LogP contribution in [-0.2, 0) is 9.59 Å². The van der Waals surface area contributed by atoms with Gasteiger partial charge in [0.15, 0.2) is 0 Å². The van der Waals surface area contributed by atoms with Crippen molar-refractivity contribution >= 4 is 28.8 Å². The van der Waals surface area contributed by atoms with Gasteiger partial charge in [0.25, 0.3) is 11.8 Å². The number of anilines is 2. The fourth-order valence-corrected chi connectivity index (χ4v) is 3.57. The Hall–Kier alpha value is -3.66. The highest BCUT2D eigenvalue weighted by Crippen LogP contribution is 2.34. The average Bonchev–Trinajstić information content (AvgIpc) is 2.96. The van der Waals surface area contributed by atoms with Crippen LogP contribution in [0.2, 0.25) is 0 Å². The second-order valence-electron chi connectivity index (χ2n) is 7.84. The molecule has 1 heterocycles. The first-order valence-corrected chi connectivity index (χ1v) is 9.96. The number of hydrogen-bond donors (Lipinski definition) is 1. The molecule has 1 N–H and O–H groups in total. The number of carbonyl (C=O) groups is 2. The second kappa shape index (κ2) is 7.64. The van der Waals surface area contributed by atoms with Crippen LogP contribution in [0.3, 0.4) is 0 Å². The number of amides is 2. The fourth-order valence-electron chi connectivity index (χ4n) is 3.57. The van der Waals surface area contributed by atoms with Gasteiger partial charge in [0.1, 0.15) is 5.70 Å². The SMILES string of the molecule is Cc1ccc(C2=C(Nc3cc(C)ccc3C)C(=O)N(c3ccc(C)cc3)C2=O)cc1. The molecule has 3 aromatic rings. The Morgan fingerprint density at radius 2 is 1.23 bits per heavy atom. The van der Waals surface area contributed by atoms with E-state index in [1.807, 2.05) is 82.3 Å². The topological polar surface area (TPSA) is 49.4 Å². The van der Waals surface area contributed by atoms with E-state index in [-0.39, 0.29) is 11.8 Å². The van der Waals surface area contributed by atoms with E-state index in [0.29, 0.717) is 17.0 Å². The molecule has 2 amide bonds. The maximum Gasteiger partial charge on any atom is 0.282 e. The van der Waals surface area contributed by atoms with Gasteiger partial charge in [-0.1, -0.05) is 59.7 Å². The Morgan fingerprint density at radius 3 is 1.87 bits per heavy atom. The van der Waals surface area contributed by atoms with Crippen LogP contribution in [0.25, 0.3) is 5.57 Å². The van der Waals surface area contributed by atoms with Crippen molar-refractivity contribution in [1.82, 2.24) is 0 Å². The molecule has 0 saturated carbocycles. The first-order chi connectivity index (χ1) is 14.3. The summed E-state index contributed by atoms with van der Waals surface area (Å²) >= 11 is 0. The van der Waals surface area contributed by atoms with Crippen molar-refractivity contribution in [2.45, 2.75) is 27.7 Å². The van der Waals surface area contributed by atoms with E-state index >= 15 is 0 Å². The zero-order valence-corrected chi connectivity index (χ0v) is 17.6. The van der Waals surface area contributed by atoms with E-state index < -0.39 is 0 Å². The largest absolute Gasteiger partial charge is 0.350 e. The lowest BCUT2D eigenvalue weighted by atomic mass is 10.0. The Morgan fingerprint density at radius 1 is 0.667 bits per heavy atom. The molecule has 4 heteroatoms. The van der Waals surface area contributed by atoms with Crippen molar-refractivity contribution in [2.24, 2.45) is 0 Å². The predicted octanol–water partition coefficient (Wildman–Crippen LogP) is 5.32. The van der Waals surface area contributed by atoms with Gasteiger partial charge in [-0.25, -0.2) is 4.90 Å². The lowest BCUT2D eigenvalue weighted by Gasteiger charge is -2.16. The molecular weight excluding hydrogens is 372 g/mol. The van der Waals surface area contributed by atoms with Gasteiger partial charge in [-0.05, 0) is 62.6 Å². The molecular formula is C26H24N2O2. The van der Waals surface area contributed by atoms with Gasteiger partial charge in [0.05, 0.1) is 11.3 Å². The quantitative estimate of drug-likeness (QED) is 0.608. The number of benzene rings is 3. The van der Waals surface area contributed by atoms with Crippen LogP contribution in [0.4, 0.5) is 11.4 Å². The summed E-state index contributed by atoms with van der Waals surface area (Å²) in [5.74, 6) is -0.666. The third kappa shape index (κ3) is 3.52. The zero-order valence-electron chi connectivity index (χ0n) is 17.6. The third-order valence-corrected chi connectivity index (χ3v) is 5.37. The summed E-state index contributed by atoms with van der Waals surface area (Å²) in [6.07, 6.45) is 0. The zero-order chi connectivity index (χ0) is 21.4. The highest BCUT2D eigenvalue weighted by atomic mass is 16.2. The lowest BCUT2D eigenvalue weighted by molar-refractivity contribution is -0.120. The van der Waals surface area contributed by atoms with Gasteiger partial charge in [-0.15, -0.1) is 0 Å². The van der Waals surface area contributed by atoms with Crippen LogP contribution in [0.15, 0.2) is 72.4 Å². The van der Waals surface area contributed by atoms with Crippen molar-refractivity contribution in [3.05, 3.63) is 100 Å². The van der Waals surface area contributed by atoms with Crippen molar-refractivity contribution in [1.29, 1.82) is 0 Å². The molecule has 4 rings (SSSR count). The normalized spacial score (nSPS) is 13.9. The number of hydrogen-bond acceptors (Lipinski definition) is 3. The minimum Gasteiger partial charge on any atom is -0.350 e. The Kier molecular flexibility index (Phi) is 5.00. The van der Waals surface area contributed by atoms with Gasteiger partial charge in [-0.3, -0.25) is 9.59 Å². The third-order valence-electron chi connectivity index (χ3n) is 5.37. The molecule has 1 aliphatic heterocycles. The monoisotopic (exact) mass is 396 g/mol. The minimum atomic E-state index is -0.347. The van der Waals surface area contributed by atoms with E-state index in [1.54, 1.807) is 12.1 Å². The molecule has 0 spiro atoms. The van der Waals surface area contributed by atoms with Crippen LogP contribution in [0, 0.1) is 27.7 Å². The molecule has 0 atom stereocenters. The average molecular weight is 396 g/mol. The number of nitrogens with one attached hydrogen (secondary N) is 1. The standard InChI is InChI=1S/C26H24N2O2/c1-16-6-11-20(12-7-16)23-24(27-22-15-18(3)5-10-19(22)4)26(30)28(25(23)29)21-13-8-17(2)9-14-21/h5-15,27H,1-4H3. The summed E-state index contributed by atoms with van der Waals surface area (Å²) in [5.41, 5.74) is 7.05. The van der Waals surface area contributed by atoms with Gasteiger partial charge >= 0.3 is 0 Å². The molecule has 0 aliphatic carbocycles. The van der Waals surface area contributed by atoms with Gasteiger partial charge in [-0.2, -0.15) is 0 Å². The van der Waals surface area contributed by atoms with Crippen LogP contribution < -0.4 is 10.2 Å². The maximum atomic E-state index is 13.4. The predicted molar refractivity (Wildman–Crippen MR) is 121 cm³/mol. The maximum absolute atomic E-state index is 13.4. The molecule has 30 heavy (non-hydrogen) atoms. The van der Waals surface area contributed by atoms with Crippen LogP contribution in [0.5, 0.6) is 0 Å². The summed E-state index contributed by atoms with van der Waals surface area (Å²) in [7, 11) is 0. The molecule has 1 aliphatic rings. The molecule has 0 radical (unpaired) electrons. The van der Waals surface area contributed by atoms with Crippen molar-refractivity contribution in [3.8, 4) is 0 Å². The van der Waals surface area contributed by atoms with Crippen molar-refractivity contribution in [2.75, 3.05) is 10.2 Å². The summed E-state index contributed by atoms with van der Waals surface area (Å²) < 4.78 is 0. The molecule has 0 bridgehead atoms. The van der Waals surface area contributed by atoms with Crippen LogP contribution >= 0.6 is 0 Å². The first-order valence-electron chi connectivity index (χ1n) is 9.96. The molecule has 0 unspecified atom stereocenters. The van der Waals surface area contributed by atoms with Crippen molar-refractivity contribution < 1.29 is 9.59 Å². The smallest absolute Gasteiger partial charge is 0.282 e. The number of imide groups is 1. The van der Waals surface area contributed by atoms with E-state index in [9.17, 15) is 9.59 Å². The van der Waals surface area contributed by atoms with Crippen LogP contribution in [0.1, 0.15) is 27.8 Å². The number of aryl methyl sites for hydroxylation is 4. The van der Waals surface area contributed by atoms with E-state index in [1.165, 1.54) is 4.90 Å². The number of carbonyl (C=O) groups excluding carboxylic acids is 2. The summed E-state index contributed by atoms with van der Waals surface area (Å²) in [6, 6.07) is 21.1. The highest BCUT2D eigenvalue weighted by Gasteiger charge is 2.40. The summed E-state index contributed by atoms with van der Waals surface area (Å²) in [6.45, 7) is 7.95. The summed E-state index contributed by atoms with van der Waals surface area (Å²) in [5, 5.41) is 3.27. The van der Waals surface area contributed by atoms with E-state index in [4.69, 9.17) is 0 Å². The molecule has 0 fully saturated rings. The van der Waals surface area contributed by atoms with Gasteiger partial charge in [0, 0.05) is 5.69 Å². The number of rotatable bonds is 4. The van der Waals surface area contributed by atoms with Crippen LogP contribution in [-0.4, -0.2) is 11.8 Å². The molecule has 3 aromatic carbocycles. The first kappa shape index (κ1) is 19.6. The fraction of sp³-hybridized carbons (Fsp3) is 0.154. The second-order valence-corrected chi connectivity index (χ2v) is 7.84. The minimum absolute atomic E-state index is 0.304. The lowest BCUT2D eigenvalue weighted by Crippen LogP contribution is -2.32. The molecule has 4 nitrogen and oxygen atoms in total. The molecule has 0 aromatic heterocycles. The molecule has 0 saturated heterocycles. The van der Waals surface area contributed by atoms with Gasteiger partial charge < -0.3 is 5.32 Å². The van der Waals surface area contributed by atoms with Crippen molar-refractivity contribution in [3.63, 3.8) is 0 Å². The Balaban J connectivity index is 1.84. The van der Waals surface area contributed by atoms with E-state index in [0.717, 1.165) is 33.5 Å². The summed E-state index contributed by atoms with van der Waals surface area (Å²) in [4.78, 5) is 28.1. The number of nitrogens with zero attached hydrogens (tertiary/aromatic N) is 1. The van der Waals surface area contributed by atoms with E-state index in [2.05, 4.69) is 5.32 Å². The Bertz CT molecular complexity index is 1170. The Labute approximate surface area is 176 Å². The van der Waals surface area contributed by atoms with Gasteiger partial charge in [0.2, 0.25) is 0 Å². The highest BCUT2D eigenvalue weighted by molar-refractivity contribution is 6.46.